The minimum atomic E-state index is -0.374. The summed E-state index contributed by atoms with van der Waals surface area (Å²) in [6.45, 7) is 6.19. The fourth-order valence-electron chi connectivity index (χ4n) is 1.77. The molecule has 2 aromatic rings. The molecule has 0 saturated carbocycles. The molecular formula is C16H18ClN3O3. The van der Waals surface area contributed by atoms with E-state index in [-0.39, 0.29) is 16.5 Å². The first-order valence-electron chi connectivity index (χ1n) is 7.16. The van der Waals surface area contributed by atoms with Gasteiger partial charge >= 0.3 is 0 Å². The maximum atomic E-state index is 12.2. The second-order valence-corrected chi connectivity index (χ2v) is 5.98. The normalized spacial score (nSPS) is 10.7. The number of hydrogen-bond donors (Lipinski definition) is 2. The van der Waals surface area contributed by atoms with Crippen molar-refractivity contribution >= 4 is 23.2 Å². The molecule has 0 aromatic carbocycles. The number of anilines is 1. The second-order valence-electron chi connectivity index (χ2n) is 5.57. The van der Waals surface area contributed by atoms with Gasteiger partial charge in [-0.1, -0.05) is 25.4 Å². The Kier molecular flexibility index (Phi) is 5.39. The van der Waals surface area contributed by atoms with Crippen LogP contribution in [0.2, 0.25) is 5.02 Å². The average Bonchev–Trinajstić information content (AvgIpc) is 2.49. The molecule has 122 valence electrons. The number of aryl methyl sites for hydroxylation is 1. The molecule has 0 saturated heterocycles. The van der Waals surface area contributed by atoms with E-state index in [9.17, 15) is 9.59 Å². The molecule has 0 unspecified atom stereocenters. The minimum absolute atomic E-state index is 0.195. The predicted octanol–water partition coefficient (Wildman–Crippen LogP) is 3.02. The van der Waals surface area contributed by atoms with Crippen LogP contribution in [0.4, 0.5) is 5.69 Å². The molecule has 0 fully saturated rings. The summed E-state index contributed by atoms with van der Waals surface area (Å²) in [6, 6.07) is 3.09. The highest BCUT2D eigenvalue weighted by atomic mass is 35.5. The van der Waals surface area contributed by atoms with Crippen molar-refractivity contribution in [3.8, 4) is 5.88 Å². The summed E-state index contributed by atoms with van der Waals surface area (Å²) in [5.74, 6) is 0.275. The van der Waals surface area contributed by atoms with E-state index in [1.807, 2.05) is 13.8 Å². The maximum Gasteiger partial charge on any atom is 0.257 e. The van der Waals surface area contributed by atoms with Crippen LogP contribution in [0, 0.1) is 12.8 Å². The van der Waals surface area contributed by atoms with Crippen molar-refractivity contribution in [1.29, 1.82) is 0 Å². The Labute approximate surface area is 138 Å². The van der Waals surface area contributed by atoms with Gasteiger partial charge in [0.2, 0.25) is 5.88 Å². The van der Waals surface area contributed by atoms with Crippen LogP contribution in [0.25, 0.3) is 0 Å². The third-order valence-electron chi connectivity index (χ3n) is 2.97. The van der Waals surface area contributed by atoms with E-state index in [2.05, 4.69) is 15.3 Å². The third kappa shape index (κ3) is 4.56. The lowest BCUT2D eigenvalue weighted by Crippen LogP contribution is -2.15. The molecule has 2 heterocycles. The predicted molar refractivity (Wildman–Crippen MR) is 89.3 cm³/mol. The zero-order valence-electron chi connectivity index (χ0n) is 13.1. The van der Waals surface area contributed by atoms with Crippen molar-refractivity contribution in [2.45, 2.75) is 20.8 Å². The minimum Gasteiger partial charge on any atom is -0.476 e. The molecule has 23 heavy (non-hydrogen) atoms. The fourth-order valence-corrected chi connectivity index (χ4v) is 2.00. The first-order valence-corrected chi connectivity index (χ1v) is 7.53. The van der Waals surface area contributed by atoms with E-state index in [1.165, 1.54) is 18.5 Å². The Hall–Kier alpha value is -2.34. The van der Waals surface area contributed by atoms with Gasteiger partial charge in [-0.3, -0.25) is 9.59 Å². The number of aromatic nitrogens is 2. The first kappa shape index (κ1) is 17.0. The van der Waals surface area contributed by atoms with Crippen molar-refractivity contribution in [2.75, 3.05) is 11.9 Å². The Bertz CT molecular complexity index is 771. The van der Waals surface area contributed by atoms with Gasteiger partial charge < -0.3 is 15.0 Å². The third-order valence-corrected chi connectivity index (χ3v) is 3.24. The van der Waals surface area contributed by atoms with Crippen molar-refractivity contribution < 1.29 is 9.53 Å². The van der Waals surface area contributed by atoms with Crippen LogP contribution < -0.4 is 15.6 Å². The quantitative estimate of drug-likeness (QED) is 0.879. The number of halogens is 1. The van der Waals surface area contributed by atoms with Gasteiger partial charge in [-0.15, -0.1) is 0 Å². The number of amides is 1. The molecule has 6 nitrogen and oxygen atoms in total. The summed E-state index contributed by atoms with van der Waals surface area (Å²) >= 11 is 6.09. The molecule has 2 N–H and O–H groups in total. The molecule has 2 aromatic heterocycles. The van der Waals surface area contributed by atoms with Crippen LogP contribution >= 0.6 is 11.6 Å². The van der Waals surface area contributed by atoms with Gasteiger partial charge in [0, 0.05) is 18.0 Å². The highest BCUT2D eigenvalue weighted by molar-refractivity contribution is 6.32. The van der Waals surface area contributed by atoms with E-state index < -0.39 is 0 Å². The lowest BCUT2D eigenvalue weighted by molar-refractivity contribution is 0.102. The van der Waals surface area contributed by atoms with Gasteiger partial charge in [0.15, 0.2) is 0 Å². The SMILES string of the molecule is Cc1cc(NC(=O)c2cnc(OCC(C)C)c(Cl)c2)c[nH]c1=O. The van der Waals surface area contributed by atoms with E-state index in [0.29, 0.717) is 35.2 Å². The van der Waals surface area contributed by atoms with Crippen molar-refractivity contribution in [3.63, 3.8) is 0 Å². The summed E-state index contributed by atoms with van der Waals surface area (Å²) in [5, 5.41) is 2.95. The Balaban J connectivity index is 2.11. The number of carbonyl (C=O) groups excluding carboxylic acids is 1. The summed E-state index contributed by atoms with van der Waals surface area (Å²) in [5.41, 5.74) is 1.11. The molecular weight excluding hydrogens is 318 g/mol. The molecule has 0 radical (unpaired) electrons. The molecule has 0 aliphatic rings. The number of aromatic amines is 1. The standard InChI is InChI=1S/C16H18ClN3O3/c1-9(2)8-23-16-13(17)5-11(6-19-16)15(22)20-12-4-10(3)14(21)18-7-12/h4-7,9H,8H2,1-3H3,(H,18,21)(H,20,22). The van der Waals surface area contributed by atoms with Crippen LogP contribution in [0.5, 0.6) is 5.88 Å². The van der Waals surface area contributed by atoms with Gasteiger partial charge in [0.1, 0.15) is 5.02 Å². The van der Waals surface area contributed by atoms with Crippen LogP contribution in [0.3, 0.4) is 0 Å². The zero-order valence-corrected chi connectivity index (χ0v) is 13.9. The number of hydrogen-bond acceptors (Lipinski definition) is 4. The van der Waals surface area contributed by atoms with Gasteiger partial charge in [-0.25, -0.2) is 4.98 Å². The highest BCUT2D eigenvalue weighted by Gasteiger charge is 2.12. The number of ether oxygens (including phenoxy) is 1. The van der Waals surface area contributed by atoms with Gasteiger partial charge in [-0.2, -0.15) is 0 Å². The highest BCUT2D eigenvalue weighted by Crippen LogP contribution is 2.23. The molecule has 7 heteroatoms. The zero-order chi connectivity index (χ0) is 17.0. The smallest absolute Gasteiger partial charge is 0.257 e. The Morgan fingerprint density at radius 3 is 2.78 bits per heavy atom. The second kappa shape index (κ2) is 7.28. The molecule has 0 aliphatic carbocycles. The number of pyridine rings is 2. The number of carbonyl (C=O) groups is 1. The van der Waals surface area contributed by atoms with Gasteiger partial charge in [0.25, 0.3) is 11.5 Å². The lowest BCUT2D eigenvalue weighted by Gasteiger charge is -2.10. The fraction of sp³-hybridized carbons (Fsp3) is 0.312. The van der Waals surface area contributed by atoms with E-state index in [0.717, 1.165) is 0 Å². The van der Waals surface area contributed by atoms with Crippen molar-refractivity contribution in [1.82, 2.24) is 9.97 Å². The Morgan fingerprint density at radius 1 is 1.43 bits per heavy atom. The van der Waals surface area contributed by atoms with Crippen molar-refractivity contribution in [3.05, 3.63) is 51.0 Å². The number of nitrogens with zero attached hydrogens (tertiary/aromatic N) is 1. The molecule has 2 rings (SSSR count). The number of rotatable bonds is 5. The molecule has 0 spiro atoms. The first-order chi connectivity index (χ1) is 10.9. The van der Waals surface area contributed by atoms with Crippen LogP contribution in [0.15, 0.2) is 29.3 Å². The number of H-pyrrole nitrogens is 1. The summed E-state index contributed by atoms with van der Waals surface area (Å²) in [6.07, 6.45) is 2.83. The summed E-state index contributed by atoms with van der Waals surface area (Å²) < 4.78 is 5.47. The van der Waals surface area contributed by atoms with Crippen molar-refractivity contribution in [2.24, 2.45) is 5.92 Å². The van der Waals surface area contributed by atoms with Crippen LogP contribution in [-0.2, 0) is 0 Å². The molecule has 0 aliphatic heterocycles. The van der Waals surface area contributed by atoms with Gasteiger partial charge in [0.05, 0.1) is 17.9 Å². The average molecular weight is 336 g/mol. The molecule has 1 amide bonds. The maximum absolute atomic E-state index is 12.2. The lowest BCUT2D eigenvalue weighted by atomic mass is 10.2. The van der Waals surface area contributed by atoms with E-state index in [4.69, 9.17) is 16.3 Å². The topological polar surface area (TPSA) is 84.1 Å². The van der Waals surface area contributed by atoms with E-state index >= 15 is 0 Å². The molecule has 0 bridgehead atoms. The monoisotopic (exact) mass is 335 g/mol. The summed E-state index contributed by atoms with van der Waals surface area (Å²) in [4.78, 5) is 30.1. The van der Waals surface area contributed by atoms with Crippen LogP contribution in [0.1, 0.15) is 29.8 Å². The summed E-state index contributed by atoms with van der Waals surface area (Å²) in [7, 11) is 0. The van der Waals surface area contributed by atoms with E-state index in [1.54, 1.807) is 13.0 Å². The number of nitrogens with one attached hydrogen (secondary N) is 2. The van der Waals surface area contributed by atoms with Crippen LogP contribution in [-0.4, -0.2) is 22.5 Å². The van der Waals surface area contributed by atoms with Gasteiger partial charge in [-0.05, 0) is 25.0 Å². The Morgan fingerprint density at radius 2 is 2.17 bits per heavy atom. The largest absolute Gasteiger partial charge is 0.476 e. The molecule has 0 atom stereocenters.